The molecule has 0 saturated carbocycles. The van der Waals surface area contributed by atoms with Crippen LogP contribution in [0.4, 0.5) is 0 Å². The van der Waals surface area contributed by atoms with Crippen LogP contribution in [-0.4, -0.2) is 24.1 Å². The third-order valence-corrected chi connectivity index (χ3v) is 2.19. The number of carbonyl (C=O) groups is 1. The molecule has 0 unspecified atom stereocenters. The van der Waals surface area contributed by atoms with Gasteiger partial charge in [-0.05, 0) is 18.6 Å². The number of morpholine rings is 1. The fraction of sp³-hybridized carbons (Fsp3) is 0.400. The molecular weight excluding hydrogens is 180 g/mol. The van der Waals surface area contributed by atoms with Crippen molar-refractivity contribution in [3.05, 3.63) is 29.6 Å². The molecule has 2 heterocycles. The predicted molar refractivity (Wildman–Crippen MR) is 50.7 cm³/mol. The van der Waals surface area contributed by atoms with Crippen molar-refractivity contribution in [1.29, 1.82) is 0 Å². The molecule has 0 radical (unpaired) electrons. The minimum Gasteiger partial charge on any atom is -0.369 e. The standard InChI is InChI=1S/C10H12N2O2/c1-7-2-3-8(4-11-7)9-5-14-6-10(13)12-9/h2-4,9H,5-6H2,1H3,(H,12,13)/t9-/m1/s1. The first kappa shape index (κ1) is 9.15. The molecule has 1 aromatic rings. The maximum absolute atomic E-state index is 11.1. The number of rotatable bonds is 1. The molecule has 1 aromatic heterocycles. The van der Waals surface area contributed by atoms with E-state index in [9.17, 15) is 4.79 Å². The Morgan fingerprint density at radius 2 is 2.43 bits per heavy atom. The van der Waals surface area contributed by atoms with E-state index in [0.717, 1.165) is 11.3 Å². The van der Waals surface area contributed by atoms with Crippen LogP contribution in [0.1, 0.15) is 17.3 Å². The number of aromatic nitrogens is 1. The molecule has 74 valence electrons. The minimum absolute atomic E-state index is 0.0515. The first-order valence-electron chi connectivity index (χ1n) is 4.55. The molecule has 1 amide bonds. The van der Waals surface area contributed by atoms with Crippen LogP contribution in [0.25, 0.3) is 0 Å². The average molecular weight is 192 g/mol. The molecule has 0 aromatic carbocycles. The molecule has 0 aliphatic carbocycles. The first-order valence-corrected chi connectivity index (χ1v) is 4.55. The summed E-state index contributed by atoms with van der Waals surface area (Å²) in [6.45, 7) is 2.62. The lowest BCUT2D eigenvalue weighted by Crippen LogP contribution is -2.39. The van der Waals surface area contributed by atoms with Crippen molar-refractivity contribution in [2.45, 2.75) is 13.0 Å². The lowest BCUT2D eigenvalue weighted by Gasteiger charge is -2.23. The highest BCUT2D eigenvalue weighted by Gasteiger charge is 2.19. The Kier molecular flexibility index (Phi) is 2.45. The van der Waals surface area contributed by atoms with Crippen molar-refractivity contribution in [2.24, 2.45) is 0 Å². The van der Waals surface area contributed by atoms with Crippen LogP contribution in [0.3, 0.4) is 0 Å². The van der Waals surface area contributed by atoms with Crippen LogP contribution in [0, 0.1) is 6.92 Å². The fourth-order valence-corrected chi connectivity index (χ4v) is 1.41. The van der Waals surface area contributed by atoms with Crippen LogP contribution in [-0.2, 0) is 9.53 Å². The predicted octanol–water partition coefficient (Wildman–Crippen LogP) is 0.578. The maximum Gasteiger partial charge on any atom is 0.246 e. The Morgan fingerprint density at radius 1 is 1.57 bits per heavy atom. The lowest BCUT2D eigenvalue weighted by atomic mass is 10.1. The molecule has 1 fully saturated rings. The van der Waals surface area contributed by atoms with E-state index in [1.54, 1.807) is 6.20 Å². The Balaban J connectivity index is 2.14. The lowest BCUT2D eigenvalue weighted by molar-refractivity contribution is -0.131. The van der Waals surface area contributed by atoms with Gasteiger partial charge in [0.1, 0.15) is 6.61 Å². The van der Waals surface area contributed by atoms with E-state index >= 15 is 0 Å². The summed E-state index contributed by atoms with van der Waals surface area (Å²) in [5.41, 5.74) is 1.96. The van der Waals surface area contributed by atoms with E-state index in [2.05, 4.69) is 10.3 Å². The van der Waals surface area contributed by atoms with Crippen LogP contribution >= 0.6 is 0 Å². The van der Waals surface area contributed by atoms with Crippen molar-refractivity contribution in [1.82, 2.24) is 10.3 Å². The number of carbonyl (C=O) groups excluding carboxylic acids is 1. The van der Waals surface area contributed by atoms with Crippen molar-refractivity contribution in [3.8, 4) is 0 Å². The molecule has 1 aliphatic rings. The van der Waals surface area contributed by atoms with Gasteiger partial charge in [0.05, 0.1) is 12.6 Å². The van der Waals surface area contributed by atoms with Gasteiger partial charge < -0.3 is 10.1 Å². The smallest absolute Gasteiger partial charge is 0.246 e. The average Bonchev–Trinajstić information content (AvgIpc) is 2.19. The van der Waals surface area contributed by atoms with Gasteiger partial charge in [-0.15, -0.1) is 0 Å². The van der Waals surface area contributed by atoms with Crippen molar-refractivity contribution < 1.29 is 9.53 Å². The zero-order valence-electron chi connectivity index (χ0n) is 7.99. The molecule has 1 saturated heterocycles. The van der Waals surface area contributed by atoms with Gasteiger partial charge in [0.25, 0.3) is 0 Å². The molecule has 1 atom stereocenters. The largest absolute Gasteiger partial charge is 0.369 e. The van der Waals surface area contributed by atoms with E-state index in [-0.39, 0.29) is 18.6 Å². The molecule has 1 N–H and O–H groups in total. The zero-order valence-corrected chi connectivity index (χ0v) is 7.99. The second-order valence-electron chi connectivity index (χ2n) is 3.37. The zero-order chi connectivity index (χ0) is 9.97. The SMILES string of the molecule is Cc1ccc([C@H]2COCC(=O)N2)cn1. The molecule has 14 heavy (non-hydrogen) atoms. The maximum atomic E-state index is 11.1. The van der Waals surface area contributed by atoms with Crippen molar-refractivity contribution in [3.63, 3.8) is 0 Å². The summed E-state index contributed by atoms with van der Waals surface area (Å²) in [5, 5.41) is 2.85. The van der Waals surface area contributed by atoms with Crippen LogP contribution < -0.4 is 5.32 Å². The fourth-order valence-electron chi connectivity index (χ4n) is 1.41. The molecule has 4 nitrogen and oxygen atoms in total. The number of ether oxygens (including phenoxy) is 1. The Hall–Kier alpha value is -1.42. The second-order valence-corrected chi connectivity index (χ2v) is 3.37. The van der Waals surface area contributed by atoms with Gasteiger partial charge in [0.2, 0.25) is 5.91 Å². The topological polar surface area (TPSA) is 51.2 Å². The molecular formula is C10H12N2O2. The summed E-state index contributed by atoms with van der Waals surface area (Å²) in [4.78, 5) is 15.2. The number of amides is 1. The summed E-state index contributed by atoms with van der Waals surface area (Å²) in [5.74, 6) is -0.0678. The Labute approximate surface area is 82.3 Å². The second kappa shape index (κ2) is 3.75. The number of hydrogen-bond acceptors (Lipinski definition) is 3. The van der Waals surface area contributed by atoms with Gasteiger partial charge in [0.15, 0.2) is 0 Å². The quantitative estimate of drug-likeness (QED) is 0.708. The van der Waals surface area contributed by atoms with Gasteiger partial charge in [0, 0.05) is 11.9 Å². The summed E-state index contributed by atoms with van der Waals surface area (Å²) in [6, 6.07) is 3.84. The third kappa shape index (κ3) is 1.90. The first-order chi connectivity index (χ1) is 6.75. The normalized spacial score (nSPS) is 21.8. The van der Waals surface area contributed by atoms with Gasteiger partial charge in [-0.3, -0.25) is 9.78 Å². The molecule has 1 aliphatic heterocycles. The number of hydrogen-bond donors (Lipinski definition) is 1. The third-order valence-electron chi connectivity index (χ3n) is 2.19. The van der Waals surface area contributed by atoms with Gasteiger partial charge in [-0.2, -0.15) is 0 Å². The number of nitrogens with zero attached hydrogens (tertiary/aromatic N) is 1. The van der Waals surface area contributed by atoms with Crippen LogP contribution in [0.15, 0.2) is 18.3 Å². The van der Waals surface area contributed by atoms with Crippen molar-refractivity contribution >= 4 is 5.91 Å². The minimum atomic E-state index is -0.0678. The number of pyridine rings is 1. The highest BCUT2D eigenvalue weighted by molar-refractivity contribution is 5.78. The van der Waals surface area contributed by atoms with E-state index in [1.807, 2.05) is 19.1 Å². The van der Waals surface area contributed by atoms with Crippen molar-refractivity contribution in [2.75, 3.05) is 13.2 Å². The van der Waals surface area contributed by atoms with Gasteiger partial charge in [-0.1, -0.05) is 6.07 Å². The van der Waals surface area contributed by atoms with E-state index in [4.69, 9.17) is 4.74 Å². The molecule has 2 rings (SSSR count). The summed E-state index contributed by atoms with van der Waals surface area (Å²) >= 11 is 0. The molecule has 0 spiro atoms. The summed E-state index contributed by atoms with van der Waals surface area (Å²) in [6.07, 6.45) is 1.77. The van der Waals surface area contributed by atoms with E-state index < -0.39 is 0 Å². The number of aryl methyl sites for hydroxylation is 1. The number of nitrogens with one attached hydrogen (secondary N) is 1. The molecule has 4 heteroatoms. The molecule has 0 bridgehead atoms. The highest BCUT2D eigenvalue weighted by Crippen LogP contribution is 2.14. The monoisotopic (exact) mass is 192 g/mol. The highest BCUT2D eigenvalue weighted by atomic mass is 16.5. The van der Waals surface area contributed by atoms with Crippen LogP contribution in [0.5, 0.6) is 0 Å². The summed E-state index contributed by atoms with van der Waals surface area (Å²) < 4.78 is 5.14. The van der Waals surface area contributed by atoms with Crippen LogP contribution in [0.2, 0.25) is 0 Å². The summed E-state index contributed by atoms with van der Waals surface area (Å²) in [7, 11) is 0. The van der Waals surface area contributed by atoms with Gasteiger partial charge >= 0.3 is 0 Å². The van der Waals surface area contributed by atoms with E-state index in [0.29, 0.717) is 6.61 Å². The van der Waals surface area contributed by atoms with E-state index in [1.165, 1.54) is 0 Å². The Morgan fingerprint density at radius 3 is 3.07 bits per heavy atom. The van der Waals surface area contributed by atoms with Gasteiger partial charge in [-0.25, -0.2) is 0 Å². The Bertz CT molecular complexity index is 334.